The Morgan fingerprint density at radius 2 is 1.82 bits per heavy atom. The largest absolute Gasteiger partial charge is 0.461 e. The second kappa shape index (κ2) is 8.66. The lowest BCUT2D eigenvalue weighted by Crippen LogP contribution is -2.54. The number of thiocarbonyl (C=S) groups is 1. The number of para-hydroxylation sites is 1. The van der Waals surface area contributed by atoms with Gasteiger partial charge in [-0.1, -0.05) is 29.8 Å². The molecule has 1 aliphatic rings. The molecule has 0 spiro atoms. The number of carbonyl (C=O) groups is 3. The van der Waals surface area contributed by atoms with Crippen molar-refractivity contribution in [3.63, 3.8) is 0 Å². The number of amides is 2. The van der Waals surface area contributed by atoms with Crippen LogP contribution in [0, 0.1) is 0 Å². The van der Waals surface area contributed by atoms with Crippen LogP contribution in [0.25, 0.3) is 17.0 Å². The SMILES string of the molecule is O=C1NC(=S)N(c2ccc(Cl)cc2)C(=O)/C1=C/c1nc2ccccc2cc1C(=O)c1ccco1. The Bertz CT molecular complexity index is 1510. The fourth-order valence-electron chi connectivity index (χ4n) is 3.58. The number of anilines is 1. The summed E-state index contributed by atoms with van der Waals surface area (Å²) in [5.41, 5.74) is 1.15. The Morgan fingerprint density at radius 1 is 1.06 bits per heavy atom. The molecule has 3 heterocycles. The Balaban J connectivity index is 1.65. The van der Waals surface area contributed by atoms with Crippen molar-refractivity contribution in [3.8, 4) is 0 Å². The van der Waals surface area contributed by atoms with E-state index in [0.717, 1.165) is 5.39 Å². The third kappa shape index (κ3) is 3.89. The van der Waals surface area contributed by atoms with E-state index in [9.17, 15) is 14.4 Å². The van der Waals surface area contributed by atoms with E-state index in [1.807, 2.05) is 12.1 Å². The minimum atomic E-state index is -0.688. The monoisotopic (exact) mass is 487 g/mol. The molecule has 5 rings (SSSR count). The summed E-state index contributed by atoms with van der Waals surface area (Å²) in [5.74, 6) is -1.65. The summed E-state index contributed by atoms with van der Waals surface area (Å²) in [4.78, 5) is 45.0. The maximum Gasteiger partial charge on any atom is 0.270 e. The van der Waals surface area contributed by atoms with Gasteiger partial charge in [0.2, 0.25) is 5.78 Å². The predicted octanol–water partition coefficient (Wildman–Crippen LogP) is 4.54. The molecule has 0 saturated carbocycles. The molecule has 1 fully saturated rings. The van der Waals surface area contributed by atoms with Crippen molar-refractivity contribution >= 4 is 69.2 Å². The van der Waals surface area contributed by atoms with Crippen LogP contribution in [-0.2, 0) is 9.59 Å². The first-order valence-corrected chi connectivity index (χ1v) is 10.9. The van der Waals surface area contributed by atoms with Crippen LogP contribution in [0.2, 0.25) is 5.02 Å². The van der Waals surface area contributed by atoms with Gasteiger partial charge in [0.1, 0.15) is 5.57 Å². The highest BCUT2D eigenvalue weighted by Gasteiger charge is 2.35. The first-order valence-electron chi connectivity index (χ1n) is 10.1. The lowest BCUT2D eigenvalue weighted by atomic mass is 10.0. The van der Waals surface area contributed by atoms with Crippen molar-refractivity contribution in [2.24, 2.45) is 0 Å². The summed E-state index contributed by atoms with van der Waals surface area (Å²) in [6.07, 6.45) is 2.69. The molecule has 0 radical (unpaired) electrons. The highest BCUT2D eigenvalue weighted by atomic mass is 35.5. The number of furan rings is 1. The van der Waals surface area contributed by atoms with Gasteiger partial charge in [-0.15, -0.1) is 0 Å². The number of halogens is 1. The lowest BCUT2D eigenvalue weighted by molar-refractivity contribution is -0.122. The number of carbonyl (C=O) groups excluding carboxylic acids is 3. The Hall–Kier alpha value is -4.14. The van der Waals surface area contributed by atoms with Gasteiger partial charge in [0, 0.05) is 10.4 Å². The zero-order chi connectivity index (χ0) is 23.8. The zero-order valence-corrected chi connectivity index (χ0v) is 18.9. The maximum absolute atomic E-state index is 13.4. The van der Waals surface area contributed by atoms with E-state index in [1.165, 1.54) is 23.3 Å². The summed E-state index contributed by atoms with van der Waals surface area (Å²) in [5, 5.41) is 3.67. The molecule has 1 saturated heterocycles. The third-order valence-electron chi connectivity index (χ3n) is 5.21. The van der Waals surface area contributed by atoms with Crippen LogP contribution in [0.4, 0.5) is 5.69 Å². The quantitative estimate of drug-likeness (QED) is 0.196. The number of nitrogens with one attached hydrogen (secondary N) is 1. The van der Waals surface area contributed by atoms with Crippen molar-refractivity contribution < 1.29 is 18.8 Å². The second-order valence-corrected chi connectivity index (χ2v) is 8.18. The van der Waals surface area contributed by atoms with Crippen LogP contribution in [0.15, 0.2) is 83.0 Å². The first-order chi connectivity index (χ1) is 16.4. The van der Waals surface area contributed by atoms with Gasteiger partial charge in [-0.05, 0) is 66.8 Å². The van der Waals surface area contributed by atoms with E-state index >= 15 is 0 Å². The summed E-state index contributed by atoms with van der Waals surface area (Å²) in [6.45, 7) is 0. The minimum absolute atomic E-state index is 0.0622. The second-order valence-electron chi connectivity index (χ2n) is 7.35. The number of nitrogens with zero attached hydrogens (tertiary/aromatic N) is 2. The van der Waals surface area contributed by atoms with Gasteiger partial charge in [0.15, 0.2) is 10.9 Å². The molecule has 0 bridgehead atoms. The van der Waals surface area contributed by atoms with Crippen LogP contribution >= 0.6 is 23.8 Å². The van der Waals surface area contributed by atoms with E-state index in [-0.39, 0.29) is 27.7 Å². The summed E-state index contributed by atoms with van der Waals surface area (Å²) in [7, 11) is 0. The summed E-state index contributed by atoms with van der Waals surface area (Å²) >= 11 is 11.2. The van der Waals surface area contributed by atoms with Gasteiger partial charge in [0.05, 0.1) is 28.7 Å². The number of aromatic nitrogens is 1. The van der Waals surface area contributed by atoms with Crippen LogP contribution in [0.5, 0.6) is 0 Å². The van der Waals surface area contributed by atoms with E-state index in [0.29, 0.717) is 16.2 Å². The topological polar surface area (TPSA) is 92.5 Å². The molecule has 7 nitrogen and oxygen atoms in total. The van der Waals surface area contributed by atoms with Crippen LogP contribution in [0.1, 0.15) is 21.8 Å². The van der Waals surface area contributed by atoms with Gasteiger partial charge in [-0.3, -0.25) is 24.6 Å². The van der Waals surface area contributed by atoms with Crippen molar-refractivity contribution in [2.45, 2.75) is 0 Å². The van der Waals surface area contributed by atoms with Crippen LogP contribution < -0.4 is 10.2 Å². The molecule has 34 heavy (non-hydrogen) atoms. The molecule has 0 atom stereocenters. The van der Waals surface area contributed by atoms with Gasteiger partial charge in [0.25, 0.3) is 11.8 Å². The van der Waals surface area contributed by atoms with Crippen molar-refractivity contribution in [2.75, 3.05) is 4.90 Å². The van der Waals surface area contributed by atoms with Gasteiger partial charge < -0.3 is 4.42 Å². The van der Waals surface area contributed by atoms with Crippen molar-refractivity contribution in [1.29, 1.82) is 0 Å². The molecular weight excluding hydrogens is 474 g/mol. The fraction of sp³-hybridized carbons (Fsp3) is 0. The fourth-order valence-corrected chi connectivity index (χ4v) is 3.99. The lowest BCUT2D eigenvalue weighted by Gasteiger charge is -2.29. The van der Waals surface area contributed by atoms with Gasteiger partial charge >= 0.3 is 0 Å². The molecule has 1 N–H and O–H groups in total. The molecule has 9 heteroatoms. The zero-order valence-electron chi connectivity index (χ0n) is 17.3. The molecule has 4 aromatic rings. The number of pyridine rings is 1. The molecule has 2 amide bonds. The van der Waals surface area contributed by atoms with Crippen molar-refractivity contribution in [1.82, 2.24) is 10.3 Å². The van der Waals surface area contributed by atoms with Gasteiger partial charge in [-0.25, -0.2) is 4.98 Å². The number of ketones is 1. The maximum atomic E-state index is 13.4. The van der Waals surface area contributed by atoms with E-state index < -0.39 is 17.6 Å². The Labute approximate surface area is 203 Å². The number of hydrogen-bond donors (Lipinski definition) is 1. The van der Waals surface area contributed by atoms with E-state index in [2.05, 4.69) is 10.3 Å². The highest BCUT2D eigenvalue weighted by Crippen LogP contribution is 2.26. The van der Waals surface area contributed by atoms with Gasteiger partial charge in [-0.2, -0.15) is 0 Å². The average Bonchev–Trinajstić information content (AvgIpc) is 3.37. The van der Waals surface area contributed by atoms with Crippen LogP contribution in [-0.4, -0.2) is 27.7 Å². The first kappa shape index (κ1) is 21.7. The predicted molar refractivity (Wildman–Crippen MR) is 132 cm³/mol. The average molecular weight is 488 g/mol. The van der Waals surface area contributed by atoms with Crippen LogP contribution in [0.3, 0.4) is 0 Å². The van der Waals surface area contributed by atoms with Crippen molar-refractivity contribution in [3.05, 3.63) is 101 Å². The Kier molecular flexibility index (Phi) is 5.53. The molecule has 2 aromatic heterocycles. The number of hydrogen-bond acceptors (Lipinski definition) is 6. The molecular formula is C25H14ClN3O4S. The highest BCUT2D eigenvalue weighted by molar-refractivity contribution is 7.80. The standard InChI is InChI=1S/C25H14ClN3O4S/c26-15-7-9-16(10-8-15)29-24(32)18(23(31)28-25(29)34)13-20-17(22(30)21-6-3-11-33-21)12-14-4-1-2-5-19(14)27-20/h1-13H,(H,28,31,34)/b18-13+. The number of fused-ring (bicyclic) bond motifs is 1. The van der Waals surface area contributed by atoms with E-state index in [4.69, 9.17) is 28.2 Å². The summed E-state index contributed by atoms with van der Waals surface area (Å²) in [6, 6.07) is 18.5. The molecule has 2 aromatic carbocycles. The normalized spacial score (nSPS) is 15.1. The number of rotatable bonds is 4. The smallest absolute Gasteiger partial charge is 0.270 e. The van der Waals surface area contributed by atoms with E-state index in [1.54, 1.807) is 48.5 Å². The third-order valence-corrected chi connectivity index (χ3v) is 5.75. The summed E-state index contributed by atoms with van der Waals surface area (Å²) < 4.78 is 5.27. The molecule has 1 aliphatic heterocycles. The molecule has 0 unspecified atom stereocenters. The minimum Gasteiger partial charge on any atom is -0.461 e. The molecule has 0 aliphatic carbocycles. The Morgan fingerprint density at radius 3 is 2.56 bits per heavy atom. The molecule has 166 valence electrons. The number of benzene rings is 2.